The van der Waals surface area contributed by atoms with Crippen molar-refractivity contribution in [2.75, 3.05) is 40.3 Å². The Bertz CT molecular complexity index is 460. The van der Waals surface area contributed by atoms with Gasteiger partial charge in [-0.2, -0.15) is 0 Å². The van der Waals surface area contributed by atoms with Gasteiger partial charge in [-0.05, 0) is 44.4 Å². The minimum atomic E-state index is -0.0699. The van der Waals surface area contributed by atoms with Gasteiger partial charge in [0.25, 0.3) is 0 Å². The molecule has 1 unspecified atom stereocenters. The summed E-state index contributed by atoms with van der Waals surface area (Å²) in [6, 6.07) is 2.04. The van der Waals surface area contributed by atoms with E-state index in [-0.39, 0.29) is 6.61 Å². The highest BCUT2D eigenvalue weighted by Gasteiger charge is 2.21. The van der Waals surface area contributed by atoms with Crippen LogP contribution < -0.4 is 0 Å². The number of hydrogen-bond acceptors (Lipinski definition) is 4. The van der Waals surface area contributed by atoms with Crippen molar-refractivity contribution in [3.8, 4) is 11.8 Å². The van der Waals surface area contributed by atoms with E-state index in [0.717, 1.165) is 24.6 Å². The van der Waals surface area contributed by atoms with E-state index in [0.29, 0.717) is 0 Å². The second-order valence-corrected chi connectivity index (χ2v) is 6.33. The van der Waals surface area contributed by atoms with Gasteiger partial charge in [0, 0.05) is 30.1 Å². The Balaban J connectivity index is 1.88. The van der Waals surface area contributed by atoms with E-state index in [9.17, 15) is 0 Å². The summed E-state index contributed by atoms with van der Waals surface area (Å²) in [5, 5.41) is 10.8. The highest BCUT2D eigenvalue weighted by Crippen LogP contribution is 2.20. The monoisotopic (exact) mass is 278 g/mol. The number of aliphatic hydroxyl groups excluding tert-OH is 1. The van der Waals surface area contributed by atoms with E-state index in [1.54, 1.807) is 11.3 Å². The first-order valence-electron chi connectivity index (χ1n) is 6.72. The van der Waals surface area contributed by atoms with Crippen molar-refractivity contribution in [2.24, 2.45) is 5.92 Å². The number of rotatable bonds is 4. The Labute approximate surface area is 119 Å². The summed E-state index contributed by atoms with van der Waals surface area (Å²) in [5.41, 5.74) is 1.06. The molecule has 1 aromatic rings. The van der Waals surface area contributed by atoms with E-state index >= 15 is 0 Å². The van der Waals surface area contributed by atoms with E-state index < -0.39 is 0 Å². The van der Waals surface area contributed by atoms with Gasteiger partial charge in [0.15, 0.2) is 0 Å². The van der Waals surface area contributed by atoms with Crippen molar-refractivity contribution in [1.82, 2.24) is 9.80 Å². The second-order valence-electron chi connectivity index (χ2n) is 5.33. The lowest BCUT2D eigenvalue weighted by atomic mass is 10.1. The number of aliphatic hydroxyl groups is 1. The number of hydrogen-bond donors (Lipinski definition) is 1. The molecule has 1 saturated heterocycles. The molecule has 19 heavy (non-hydrogen) atoms. The molecule has 3 nitrogen and oxygen atoms in total. The summed E-state index contributed by atoms with van der Waals surface area (Å²) >= 11 is 1.75. The molecule has 0 bridgehead atoms. The van der Waals surface area contributed by atoms with Gasteiger partial charge in [-0.15, -0.1) is 11.3 Å². The summed E-state index contributed by atoms with van der Waals surface area (Å²) in [7, 11) is 4.38. The van der Waals surface area contributed by atoms with Crippen molar-refractivity contribution in [2.45, 2.75) is 13.0 Å². The zero-order valence-electron chi connectivity index (χ0n) is 11.7. The Morgan fingerprint density at radius 3 is 3.11 bits per heavy atom. The highest BCUT2D eigenvalue weighted by atomic mass is 32.1. The van der Waals surface area contributed by atoms with Crippen LogP contribution in [0.1, 0.15) is 16.9 Å². The molecule has 1 aliphatic rings. The standard InChI is InChI=1S/C15H22N2OS/c1-16-7-5-13(10-16)11-17(2)12-15-14(4-3-8-18)6-9-19-15/h6,9,13,18H,5,7-8,10-12H2,1-2H3. The zero-order chi connectivity index (χ0) is 13.7. The van der Waals surface area contributed by atoms with Gasteiger partial charge in [-0.1, -0.05) is 11.8 Å². The SMILES string of the molecule is CN1CCC(CN(C)Cc2sccc2C#CCO)C1. The molecule has 0 aliphatic carbocycles. The molecule has 104 valence electrons. The Morgan fingerprint density at radius 1 is 1.58 bits per heavy atom. The maximum absolute atomic E-state index is 8.77. The van der Waals surface area contributed by atoms with Crippen LogP contribution in [0.5, 0.6) is 0 Å². The lowest BCUT2D eigenvalue weighted by Gasteiger charge is -2.20. The van der Waals surface area contributed by atoms with Crippen LogP contribution in [0, 0.1) is 17.8 Å². The predicted molar refractivity (Wildman–Crippen MR) is 80.2 cm³/mol. The molecule has 1 fully saturated rings. The van der Waals surface area contributed by atoms with Crippen molar-refractivity contribution in [3.63, 3.8) is 0 Å². The van der Waals surface area contributed by atoms with Gasteiger partial charge >= 0.3 is 0 Å². The Morgan fingerprint density at radius 2 is 2.42 bits per heavy atom. The highest BCUT2D eigenvalue weighted by molar-refractivity contribution is 7.10. The Kier molecular flexibility index (Phi) is 5.41. The molecule has 1 N–H and O–H groups in total. The molecular weight excluding hydrogens is 256 g/mol. The molecule has 2 rings (SSSR count). The molecule has 1 atom stereocenters. The van der Waals surface area contributed by atoms with Crippen molar-refractivity contribution >= 4 is 11.3 Å². The number of nitrogens with zero attached hydrogens (tertiary/aromatic N) is 2. The fourth-order valence-electron chi connectivity index (χ4n) is 2.63. The first-order valence-corrected chi connectivity index (χ1v) is 7.60. The normalized spacial score (nSPS) is 19.7. The van der Waals surface area contributed by atoms with Gasteiger partial charge in [0.2, 0.25) is 0 Å². The van der Waals surface area contributed by atoms with Gasteiger partial charge in [-0.25, -0.2) is 0 Å². The van der Waals surface area contributed by atoms with E-state index in [1.165, 1.54) is 24.4 Å². The number of likely N-dealkylation sites (tertiary alicyclic amines) is 1. The van der Waals surface area contributed by atoms with Gasteiger partial charge < -0.3 is 14.9 Å². The molecule has 0 spiro atoms. The fraction of sp³-hybridized carbons (Fsp3) is 0.600. The minimum Gasteiger partial charge on any atom is -0.384 e. The molecule has 0 saturated carbocycles. The van der Waals surface area contributed by atoms with Crippen molar-refractivity contribution in [1.29, 1.82) is 0 Å². The summed E-state index contributed by atoms with van der Waals surface area (Å²) in [6.07, 6.45) is 1.31. The summed E-state index contributed by atoms with van der Waals surface area (Å²) in [5.74, 6) is 6.55. The van der Waals surface area contributed by atoms with Crippen LogP contribution in [-0.2, 0) is 6.54 Å². The van der Waals surface area contributed by atoms with E-state index in [1.807, 2.05) is 6.07 Å². The Hall–Kier alpha value is -0.860. The molecule has 1 aliphatic heterocycles. The van der Waals surface area contributed by atoms with Crippen LogP contribution in [0.25, 0.3) is 0 Å². The van der Waals surface area contributed by atoms with E-state index in [2.05, 4.69) is 41.1 Å². The molecule has 0 aromatic carbocycles. The average molecular weight is 278 g/mol. The maximum Gasteiger partial charge on any atom is 0.104 e. The van der Waals surface area contributed by atoms with Crippen molar-refractivity contribution < 1.29 is 5.11 Å². The molecule has 2 heterocycles. The van der Waals surface area contributed by atoms with Gasteiger partial charge in [-0.3, -0.25) is 0 Å². The van der Waals surface area contributed by atoms with Crippen molar-refractivity contribution in [3.05, 3.63) is 21.9 Å². The first kappa shape index (κ1) is 14.5. The van der Waals surface area contributed by atoms with Crippen LogP contribution in [0.15, 0.2) is 11.4 Å². The lowest BCUT2D eigenvalue weighted by Crippen LogP contribution is -2.27. The van der Waals surface area contributed by atoms with Crippen LogP contribution in [0.2, 0.25) is 0 Å². The number of thiophene rings is 1. The van der Waals surface area contributed by atoms with Gasteiger partial charge in [0.05, 0.1) is 0 Å². The predicted octanol–water partition coefficient (Wildman–Crippen LogP) is 1.48. The molecule has 0 radical (unpaired) electrons. The molecule has 4 heteroatoms. The summed E-state index contributed by atoms with van der Waals surface area (Å²) < 4.78 is 0. The van der Waals surface area contributed by atoms with Crippen LogP contribution in [0.4, 0.5) is 0 Å². The van der Waals surface area contributed by atoms with Crippen LogP contribution in [0.3, 0.4) is 0 Å². The first-order chi connectivity index (χ1) is 9.19. The fourth-order valence-corrected chi connectivity index (χ4v) is 3.54. The maximum atomic E-state index is 8.77. The summed E-state index contributed by atoms with van der Waals surface area (Å²) in [4.78, 5) is 6.09. The summed E-state index contributed by atoms with van der Waals surface area (Å²) in [6.45, 7) is 4.47. The zero-order valence-corrected chi connectivity index (χ0v) is 12.5. The lowest BCUT2D eigenvalue weighted by molar-refractivity contribution is 0.269. The van der Waals surface area contributed by atoms with E-state index in [4.69, 9.17) is 5.11 Å². The minimum absolute atomic E-state index is 0.0699. The molecule has 1 aromatic heterocycles. The largest absolute Gasteiger partial charge is 0.384 e. The third-order valence-corrected chi connectivity index (χ3v) is 4.43. The quantitative estimate of drug-likeness (QED) is 0.845. The molecule has 0 amide bonds. The molecular formula is C15H22N2OS. The van der Waals surface area contributed by atoms with Crippen LogP contribution >= 0.6 is 11.3 Å². The third kappa shape index (κ3) is 4.32. The smallest absolute Gasteiger partial charge is 0.104 e. The van der Waals surface area contributed by atoms with Gasteiger partial charge in [0.1, 0.15) is 6.61 Å². The topological polar surface area (TPSA) is 26.7 Å². The average Bonchev–Trinajstić information content (AvgIpc) is 2.96. The van der Waals surface area contributed by atoms with Crippen LogP contribution in [-0.4, -0.2) is 55.2 Å². The second kappa shape index (κ2) is 7.06. The third-order valence-electron chi connectivity index (χ3n) is 3.52.